The Morgan fingerprint density at radius 3 is 2.41 bits per heavy atom. The van der Waals surface area contributed by atoms with Crippen LogP contribution in [0.5, 0.6) is 0 Å². The predicted octanol–water partition coefficient (Wildman–Crippen LogP) is 0.604. The molecule has 7 nitrogen and oxygen atoms in total. The van der Waals surface area contributed by atoms with Crippen LogP contribution >= 0.6 is 0 Å². The van der Waals surface area contributed by atoms with Gasteiger partial charge in [-0.2, -0.15) is 18.3 Å². The van der Waals surface area contributed by atoms with Gasteiger partial charge in [0.1, 0.15) is 12.2 Å². The van der Waals surface area contributed by atoms with Gasteiger partial charge in [-0.25, -0.2) is 0 Å². The van der Waals surface area contributed by atoms with Gasteiger partial charge in [-0.05, 0) is 6.92 Å². The molecule has 1 amide bonds. The summed E-state index contributed by atoms with van der Waals surface area (Å²) in [6, 6.07) is 0. The van der Waals surface area contributed by atoms with Crippen molar-refractivity contribution < 1.29 is 22.9 Å². The lowest BCUT2D eigenvalue weighted by atomic mass is 10.3. The molecule has 0 bridgehead atoms. The molecule has 0 spiro atoms. The Hall–Kier alpha value is -2.13. The van der Waals surface area contributed by atoms with Crippen LogP contribution < -0.4 is 5.73 Å². The highest BCUT2D eigenvalue weighted by atomic mass is 19.4. The predicted molar refractivity (Wildman–Crippen MR) is 47.8 cm³/mol. The topological polar surface area (TPSA) is 104 Å². The fourth-order valence-corrected chi connectivity index (χ4v) is 1.25. The van der Waals surface area contributed by atoms with Gasteiger partial charge in [0.15, 0.2) is 0 Å². The van der Waals surface area contributed by atoms with Crippen LogP contribution in [0.2, 0.25) is 0 Å². The van der Waals surface area contributed by atoms with Gasteiger partial charge in [-0.3, -0.25) is 19.6 Å². The van der Waals surface area contributed by atoms with E-state index < -0.39 is 34.9 Å². The minimum Gasteiger partial charge on any atom is -0.368 e. The van der Waals surface area contributed by atoms with Crippen LogP contribution in [0, 0.1) is 17.0 Å². The molecular weight excluding hydrogens is 245 g/mol. The van der Waals surface area contributed by atoms with Crippen molar-refractivity contribution in [3.8, 4) is 0 Å². The quantitative estimate of drug-likeness (QED) is 0.628. The first-order valence-corrected chi connectivity index (χ1v) is 4.22. The molecule has 0 aliphatic heterocycles. The van der Waals surface area contributed by atoms with Crippen molar-refractivity contribution in [1.82, 2.24) is 9.78 Å². The lowest BCUT2D eigenvalue weighted by molar-refractivity contribution is -0.388. The summed E-state index contributed by atoms with van der Waals surface area (Å²) in [5, 5.41) is 13.5. The Morgan fingerprint density at radius 2 is 2.12 bits per heavy atom. The summed E-state index contributed by atoms with van der Waals surface area (Å²) in [4.78, 5) is 19.9. The molecular formula is C7H7F3N4O3. The van der Waals surface area contributed by atoms with Crippen molar-refractivity contribution in [1.29, 1.82) is 0 Å². The summed E-state index contributed by atoms with van der Waals surface area (Å²) >= 11 is 0. The molecule has 0 saturated heterocycles. The van der Waals surface area contributed by atoms with Crippen molar-refractivity contribution in [3.05, 3.63) is 21.5 Å². The van der Waals surface area contributed by atoms with Gasteiger partial charge >= 0.3 is 11.9 Å². The van der Waals surface area contributed by atoms with Crippen LogP contribution in [0.1, 0.15) is 11.4 Å². The standard InChI is InChI=1S/C7H7F3N4O3/c1-3-5(14(16)17)6(7(8,9)10)12-13(3)2-4(11)15/h2H2,1H3,(H2,11,15). The van der Waals surface area contributed by atoms with E-state index in [1.807, 2.05) is 0 Å². The van der Waals surface area contributed by atoms with Gasteiger partial charge in [0.05, 0.1) is 4.92 Å². The summed E-state index contributed by atoms with van der Waals surface area (Å²) in [7, 11) is 0. The fraction of sp³-hybridized carbons (Fsp3) is 0.429. The van der Waals surface area contributed by atoms with Crippen molar-refractivity contribution >= 4 is 11.6 Å². The van der Waals surface area contributed by atoms with Gasteiger partial charge < -0.3 is 5.73 Å². The first-order valence-electron chi connectivity index (χ1n) is 4.22. The monoisotopic (exact) mass is 252 g/mol. The molecule has 1 rings (SSSR count). The Labute approximate surface area is 92.1 Å². The van der Waals surface area contributed by atoms with Gasteiger partial charge in [-0.1, -0.05) is 0 Å². The molecule has 0 unspecified atom stereocenters. The Bertz CT molecular complexity index is 479. The van der Waals surface area contributed by atoms with Crippen LogP contribution in [0.15, 0.2) is 0 Å². The molecule has 94 valence electrons. The molecule has 0 aromatic carbocycles. The van der Waals surface area contributed by atoms with Crippen LogP contribution in [0.4, 0.5) is 18.9 Å². The molecule has 10 heteroatoms. The first-order chi connectivity index (χ1) is 7.64. The average molecular weight is 252 g/mol. The number of carbonyl (C=O) groups excluding carboxylic acids is 1. The molecule has 0 aliphatic carbocycles. The summed E-state index contributed by atoms with van der Waals surface area (Å²) in [5.41, 5.74) is 1.61. The van der Waals surface area contributed by atoms with E-state index in [2.05, 4.69) is 5.10 Å². The lowest BCUT2D eigenvalue weighted by Gasteiger charge is -2.00. The third kappa shape index (κ3) is 2.52. The fourth-order valence-electron chi connectivity index (χ4n) is 1.25. The van der Waals surface area contributed by atoms with E-state index in [1.165, 1.54) is 0 Å². The van der Waals surface area contributed by atoms with Crippen LogP contribution in [-0.2, 0) is 17.5 Å². The van der Waals surface area contributed by atoms with Crippen molar-refractivity contribution in [2.24, 2.45) is 5.73 Å². The number of nitrogens with zero attached hydrogens (tertiary/aromatic N) is 3. The van der Waals surface area contributed by atoms with Crippen LogP contribution in [-0.4, -0.2) is 20.6 Å². The lowest BCUT2D eigenvalue weighted by Crippen LogP contribution is -2.20. The van der Waals surface area contributed by atoms with Gasteiger partial charge in [0.2, 0.25) is 11.6 Å². The molecule has 0 aliphatic rings. The van der Waals surface area contributed by atoms with Crippen molar-refractivity contribution in [2.45, 2.75) is 19.6 Å². The van der Waals surface area contributed by atoms with E-state index in [-0.39, 0.29) is 5.69 Å². The molecule has 0 radical (unpaired) electrons. The van der Waals surface area contributed by atoms with Crippen LogP contribution in [0.3, 0.4) is 0 Å². The average Bonchev–Trinajstić information content (AvgIpc) is 2.42. The van der Waals surface area contributed by atoms with E-state index in [0.717, 1.165) is 6.92 Å². The highest BCUT2D eigenvalue weighted by Crippen LogP contribution is 2.36. The number of nitrogens with two attached hydrogens (primary N) is 1. The molecule has 0 atom stereocenters. The number of hydrogen-bond donors (Lipinski definition) is 1. The number of alkyl halides is 3. The van der Waals surface area contributed by atoms with E-state index in [0.29, 0.717) is 4.68 Å². The maximum absolute atomic E-state index is 12.4. The number of halogens is 3. The molecule has 0 saturated carbocycles. The first kappa shape index (κ1) is 12.9. The molecule has 17 heavy (non-hydrogen) atoms. The highest BCUT2D eigenvalue weighted by Gasteiger charge is 2.44. The van der Waals surface area contributed by atoms with Gasteiger partial charge in [0, 0.05) is 0 Å². The van der Waals surface area contributed by atoms with Crippen LogP contribution in [0.25, 0.3) is 0 Å². The zero-order valence-corrected chi connectivity index (χ0v) is 8.48. The van der Waals surface area contributed by atoms with E-state index in [9.17, 15) is 28.1 Å². The van der Waals surface area contributed by atoms with E-state index in [1.54, 1.807) is 0 Å². The molecule has 1 aromatic rings. The van der Waals surface area contributed by atoms with Crippen molar-refractivity contribution in [3.63, 3.8) is 0 Å². The summed E-state index contributed by atoms with van der Waals surface area (Å²) < 4.78 is 37.9. The van der Waals surface area contributed by atoms with E-state index >= 15 is 0 Å². The smallest absolute Gasteiger partial charge is 0.368 e. The zero-order valence-electron chi connectivity index (χ0n) is 8.48. The number of carbonyl (C=O) groups is 1. The number of hydrogen-bond acceptors (Lipinski definition) is 4. The van der Waals surface area contributed by atoms with Gasteiger partial charge in [0.25, 0.3) is 0 Å². The molecule has 1 heterocycles. The molecule has 0 fully saturated rings. The Morgan fingerprint density at radius 1 is 1.59 bits per heavy atom. The molecule has 1 aromatic heterocycles. The Kier molecular flexibility index (Phi) is 3.07. The zero-order chi connectivity index (χ0) is 13.4. The molecule has 2 N–H and O–H groups in total. The van der Waals surface area contributed by atoms with Crippen molar-refractivity contribution in [2.75, 3.05) is 0 Å². The summed E-state index contributed by atoms with van der Waals surface area (Å²) in [5.74, 6) is -0.945. The normalized spacial score (nSPS) is 11.5. The second-order valence-electron chi connectivity index (χ2n) is 3.16. The number of rotatable bonds is 3. The third-order valence-corrected chi connectivity index (χ3v) is 1.93. The maximum atomic E-state index is 12.4. The SMILES string of the molecule is Cc1c([N+](=O)[O-])c(C(F)(F)F)nn1CC(N)=O. The maximum Gasteiger partial charge on any atom is 0.442 e. The second kappa shape index (κ2) is 4.03. The van der Waals surface area contributed by atoms with E-state index in [4.69, 9.17) is 5.73 Å². The minimum atomic E-state index is -4.96. The minimum absolute atomic E-state index is 0.374. The highest BCUT2D eigenvalue weighted by molar-refractivity contribution is 5.73. The summed E-state index contributed by atoms with van der Waals surface area (Å²) in [6.07, 6.45) is -4.96. The Balaban J connectivity index is 3.40. The number of aromatic nitrogens is 2. The largest absolute Gasteiger partial charge is 0.442 e. The number of amides is 1. The third-order valence-electron chi connectivity index (χ3n) is 1.93. The van der Waals surface area contributed by atoms with Gasteiger partial charge in [-0.15, -0.1) is 0 Å². The second-order valence-corrected chi connectivity index (χ2v) is 3.16. The number of primary amides is 1. The number of nitro groups is 1. The summed E-state index contributed by atoms with van der Waals surface area (Å²) in [6.45, 7) is 0.409.